The Morgan fingerprint density at radius 3 is 2.88 bits per heavy atom. The Balaban J connectivity index is 2.81. The van der Waals surface area contributed by atoms with Gasteiger partial charge < -0.3 is 21.1 Å². The van der Waals surface area contributed by atoms with Gasteiger partial charge in [-0.15, -0.1) is 0 Å². The molecule has 1 amide bonds. The van der Waals surface area contributed by atoms with Crippen LogP contribution in [0.5, 0.6) is 0 Å². The third kappa shape index (κ3) is 3.57. The summed E-state index contributed by atoms with van der Waals surface area (Å²) in [5, 5.41) is 12.9. The number of thiazole rings is 1. The van der Waals surface area contributed by atoms with Crippen molar-refractivity contribution in [2.24, 2.45) is 0 Å². The largest absolute Gasteiger partial charge is 0.392 e. The number of likely N-dealkylation sites (N-methyl/N-ethyl adjacent to an activating group) is 1. The molecule has 0 saturated carbocycles. The van der Waals surface area contributed by atoms with Crippen molar-refractivity contribution in [3.8, 4) is 0 Å². The van der Waals surface area contributed by atoms with E-state index < -0.39 is 6.10 Å². The van der Waals surface area contributed by atoms with E-state index >= 15 is 0 Å². The first-order chi connectivity index (χ1) is 7.95. The SMILES string of the molecule is CCNc1nc(N)c(C(=O)N(C)CC(C)O)s1. The summed E-state index contributed by atoms with van der Waals surface area (Å²) in [5.41, 5.74) is 5.69. The zero-order valence-corrected chi connectivity index (χ0v) is 11.0. The van der Waals surface area contributed by atoms with Crippen molar-refractivity contribution in [3.63, 3.8) is 0 Å². The summed E-state index contributed by atoms with van der Waals surface area (Å²) >= 11 is 1.23. The summed E-state index contributed by atoms with van der Waals surface area (Å²) < 4.78 is 0. The molecule has 17 heavy (non-hydrogen) atoms. The molecule has 1 atom stereocenters. The average molecular weight is 258 g/mol. The number of hydrogen-bond donors (Lipinski definition) is 3. The second-order valence-corrected chi connectivity index (χ2v) is 4.80. The fourth-order valence-corrected chi connectivity index (χ4v) is 2.31. The molecule has 0 fully saturated rings. The molecule has 4 N–H and O–H groups in total. The summed E-state index contributed by atoms with van der Waals surface area (Å²) in [4.78, 5) is 17.9. The van der Waals surface area contributed by atoms with Gasteiger partial charge in [0.2, 0.25) is 0 Å². The Labute approximate surface area is 104 Å². The lowest BCUT2D eigenvalue weighted by atomic mass is 10.3. The number of carbonyl (C=O) groups excluding carboxylic acids is 1. The molecule has 0 bridgehead atoms. The topological polar surface area (TPSA) is 91.5 Å². The molecule has 0 aliphatic carbocycles. The number of aliphatic hydroxyl groups excluding tert-OH is 1. The Kier molecular flexibility index (Phi) is 4.71. The maximum absolute atomic E-state index is 12.0. The van der Waals surface area contributed by atoms with Crippen LogP contribution in [0, 0.1) is 0 Å². The van der Waals surface area contributed by atoms with Gasteiger partial charge in [-0.1, -0.05) is 11.3 Å². The lowest BCUT2D eigenvalue weighted by Gasteiger charge is -2.17. The minimum absolute atomic E-state index is 0.218. The van der Waals surface area contributed by atoms with Gasteiger partial charge in [-0.05, 0) is 13.8 Å². The second-order valence-electron chi connectivity index (χ2n) is 3.80. The monoisotopic (exact) mass is 258 g/mol. The van der Waals surface area contributed by atoms with E-state index in [1.54, 1.807) is 14.0 Å². The van der Waals surface area contributed by atoms with Gasteiger partial charge in [0.15, 0.2) is 5.13 Å². The minimum atomic E-state index is -0.564. The molecule has 0 aliphatic heterocycles. The number of nitrogens with two attached hydrogens (primary N) is 1. The predicted octanol–water partition coefficient (Wildman–Crippen LogP) is 0.610. The Hall–Kier alpha value is -1.34. The summed E-state index contributed by atoms with van der Waals surface area (Å²) in [6.45, 7) is 4.57. The Morgan fingerprint density at radius 1 is 1.71 bits per heavy atom. The second kappa shape index (κ2) is 5.83. The van der Waals surface area contributed by atoms with E-state index in [9.17, 15) is 9.90 Å². The van der Waals surface area contributed by atoms with Gasteiger partial charge in [0.1, 0.15) is 10.7 Å². The van der Waals surface area contributed by atoms with Crippen LogP contribution in [-0.2, 0) is 0 Å². The van der Waals surface area contributed by atoms with Crippen molar-refractivity contribution in [2.75, 3.05) is 31.2 Å². The van der Waals surface area contributed by atoms with E-state index in [-0.39, 0.29) is 18.3 Å². The van der Waals surface area contributed by atoms with Crippen molar-refractivity contribution in [2.45, 2.75) is 20.0 Å². The van der Waals surface area contributed by atoms with E-state index in [2.05, 4.69) is 10.3 Å². The van der Waals surface area contributed by atoms with Crippen molar-refractivity contribution in [1.29, 1.82) is 0 Å². The third-order valence-corrected chi connectivity index (χ3v) is 3.08. The van der Waals surface area contributed by atoms with Gasteiger partial charge in [0.25, 0.3) is 5.91 Å². The zero-order chi connectivity index (χ0) is 13.0. The van der Waals surface area contributed by atoms with Crippen LogP contribution in [0.1, 0.15) is 23.5 Å². The third-order valence-electron chi connectivity index (χ3n) is 2.06. The van der Waals surface area contributed by atoms with Gasteiger partial charge in [-0.2, -0.15) is 0 Å². The fourth-order valence-electron chi connectivity index (χ4n) is 1.36. The van der Waals surface area contributed by atoms with Gasteiger partial charge in [-0.25, -0.2) is 4.98 Å². The summed E-state index contributed by atoms with van der Waals surface area (Å²) in [6, 6.07) is 0. The number of carbonyl (C=O) groups is 1. The van der Waals surface area contributed by atoms with Crippen LogP contribution in [0.2, 0.25) is 0 Å². The number of rotatable bonds is 5. The van der Waals surface area contributed by atoms with E-state index in [1.807, 2.05) is 6.92 Å². The van der Waals surface area contributed by atoms with Gasteiger partial charge in [0.05, 0.1) is 6.10 Å². The molecule has 0 saturated heterocycles. The van der Waals surface area contributed by atoms with Crippen molar-refractivity contribution < 1.29 is 9.90 Å². The number of aromatic nitrogens is 1. The van der Waals surface area contributed by atoms with Crippen LogP contribution < -0.4 is 11.1 Å². The van der Waals surface area contributed by atoms with Gasteiger partial charge in [-0.3, -0.25) is 4.79 Å². The highest BCUT2D eigenvalue weighted by Gasteiger charge is 2.20. The molecule has 0 aliphatic rings. The molecule has 96 valence electrons. The highest BCUT2D eigenvalue weighted by Crippen LogP contribution is 2.25. The highest BCUT2D eigenvalue weighted by atomic mass is 32.1. The lowest BCUT2D eigenvalue weighted by molar-refractivity contribution is 0.0709. The fraction of sp³-hybridized carbons (Fsp3) is 0.600. The van der Waals surface area contributed by atoms with E-state index in [4.69, 9.17) is 5.73 Å². The van der Waals surface area contributed by atoms with E-state index in [1.165, 1.54) is 16.2 Å². The predicted molar refractivity (Wildman–Crippen MR) is 69.3 cm³/mol. The molecule has 0 aromatic carbocycles. The molecule has 0 radical (unpaired) electrons. The van der Waals surface area contributed by atoms with Crippen molar-refractivity contribution in [1.82, 2.24) is 9.88 Å². The molecular weight excluding hydrogens is 240 g/mol. The van der Waals surface area contributed by atoms with Crippen LogP contribution in [-0.4, -0.2) is 47.1 Å². The molecule has 1 aromatic heterocycles. The minimum Gasteiger partial charge on any atom is -0.392 e. The maximum atomic E-state index is 12.0. The number of aliphatic hydroxyl groups is 1. The van der Waals surface area contributed by atoms with Gasteiger partial charge in [0, 0.05) is 20.1 Å². The zero-order valence-electron chi connectivity index (χ0n) is 10.2. The summed E-state index contributed by atoms with van der Waals surface area (Å²) in [5.74, 6) is 0.0124. The van der Waals surface area contributed by atoms with Crippen LogP contribution in [0.4, 0.5) is 10.9 Å². The Morgan fingerprint density at radius 2 is 2.35 bits per heavy atom. The first-order valence-corrected chi connectivity index (χ1v) is 6.21. The first kappa shape index (κ1) is 13.7. The molecule has 1 rings (SSSR count). The van der Waals surface area contributed by atoms with Gasteiger partial charge >= 0.3 is 0 Å². The molecule has 1 unspecified atom stereocenters. The highest BCUT2D eigenvalue weighted by molar-refractivity contribution is 7.18. The molecule has 0 spiro atoms. The van der Waals surface area contributed by atoms with Crippen molar-refractivity contribution in [3.05, 3.63) is 4.88 Å². The van der Waals surface area contributed by atoms with Crippen LogP contribution >= 0.6 is 11.3 Å². The number of nitrogen functional groups attached to an aromatic ring is 1. The summed E-state index contributed by atoms with van der Waals surface area (Å²) in [6.07, 6.45) is -0.564. The smallest absolute Gasteiger partial charge is 0.267 e. The number of hydrogen-bond acceptors (Lipinski definition) is 6. The number of anilines is 2. The molecular formula is C10H18N4O2S. The van der Waals surface area contributed by atoms with Crippen LogP contribution in [0.3, 0.4) is 0 Å². The number of nitrogens with zero attached hydrogens (tertiary/aromatic N) is 2. The number of amides is 1. The van der Waals surface area contributed by atoms with Crippen LogP contribution in [0.15, 0.2) is 0 Å². The molecule has 6 nitrogen and oxygen atoms in total. The van der Waals surface area contributed by atoms with E-state index in [0.717, 1.165) is 6.54 Å². The quantitative estimate of drug-likeness (QED) is 0.719. The number of nitrogens with one attached hydrogen (secondary N) is 1. The average Bonchev–Trinajstić information content (AvgIpc) is 2.58. The van der Waals surface area contributed by atoms with E-state index in [0.29, 0.717) is 10.0 Å². The molecule has 1 heterocycles. The molecule has 7 heteroatoms. The summed E-state index contributed by atoms with van der Waals surface area (Å²) in [7, 11) is 1.63. The normalized spacial score (nSPS) is 12.2. The van der Waals surface area contributed by atoms with Crippen molar-refractivity contribution >= 4 is 28.2 Å². The first-order valence-electron chi connectivity index (χ1n) is 5.39. The molecule has 1 aromatic rings. The Bertz CT molecular complexity index is 392. The standard InChI is InChI=1S/C10H18N4O2S/c1-4-12-10-13-8(11)7(17-10)9(16)14(3)5-6(2)15/h6,15H,4-5,11H2,1-3H3,(H,12,13). The maximum Gasteiger partial charge on any atom is 0.267 e. The van der Waals surface area contributed by atoms with Crippen LogP contribution in [0.25, 0.3) is 0 Å². The lowest BCUT2D eigenvalue weighted by Crippen LogP contribution is -2.32.